The highest BCUT2D eigenvalue weighted by Crippen LogP contribution is 2.60. The predicted octanol–water partition coefficient (Wildman–Crippen LogP) is 3.45. The number of carbonyl (C=O) groups excluding carboxylic acids is 1. The number of ether oxygens (including phenoxy) is 1. The van der Waals surface area contributed by atoms with E-state index in [-0.39, 0.29) is 5.41 Å². The van der Waals surface area contributed by atoms with Crippen LogP contribution in [0.4, 0.5) is 0 Å². The van der Waals surface area contributed by atoms with Gasteiger partial charge in [-0.15, -0.1) is 0 Å². The van der Waals surface area contributed by atoms with Gasteiger partial charge >= 0.3 is 0 Å². The molecule has 4 bridgehead atoms. The maximum atomic E-state index is 13.7. The molecule has 4 aliphatic carbocycles. The summed E-state index contributed by atoms with van der Waals surface area (Å²) in [5, 5.41) is 0. The molecule has 5 heteroatoms. The van der Waals surface area contributed by atoms with Gasteiger partial charge < -0.3 is 14.2 Å². The Hall–Kier alpha value is -1.36. The fraction of sp³-hybridized carbons (Fsp3) is 0.818. The van der Waals surface area contributed by atoms with E-state index in [0.29, 0.717) is 18.4 Å². The van der Waals surface area contributed by atoms with Gasteiger partial charge in [-0.05, 0) is 69.1 Å². The summed E-state index contributed by atoms with van der Waals surface area (Å²) in [6.07, 6.45) is 13.9. The second-order valence-electron chi connectivity index (χ2n) is 9.76. The third kappa shape index (κ3) is 3.12. The molecule has 5 fully saturated rings. The normalized spacial score (nSPS) is 37.7. The number of piperidine rings is 1. The van der Waals surface area contributed by atoms with E-state index in [9.17, 15) is 4.79 Å². The Morgan fingerprint density at radius 1 is 1.22 bits per heavy atom. The molecule has 2 heterocycles. The molecule has 0 radical (unpaired) electrons. The van der Waals surface area contributed by atoms with Crippen molar-refractivity contribution in [2.24, 2.45) is 23.2 Å². The molecule has 148 valence electrons. The van der Waals surface area contributed by atoms with E-state index in [1.54, 1.807) is 7.11 Å². The van der Waals surface area contributed by atoms with Crippen molar-refractivity contribution < 1.29 is 9.53 Å². The molecule has 1 aromatic heterocycles. The highest BCUT2D eigenvalue weighted by molar-refractivity contribution is 5.83. The Kier molecular flexibility index (Phi) is 4.53. The topological polar surface area (TPSA) is 47.4 Å². The van der Waals surface area contributed by atoms with E-state index in [2.05, 4.69) is 14.5 Å². The van der Waals surface area contributed by atoms with Crippen molar-refractivity contribution in [3.63, 3.8) is 0 Å². The first kappa shape index (κ1) is 17.7. The lowest BCUT2D eigenvalue weighted by molar-refractivity contribution is -0.159. The largest absolute Gasteiger partial charge is 0.383 e. The van der Waals surface area contributed by atoms with Gasteiger partial charge in [-0.3, -0.25) is 4.79 Å². The summed E-state index contributed by atoms with van der Waals surface area (Å²) in [5.74, 6) is 4.47. The average Bonchev–Trinajstić information content (AvgIpc) is 3.13. The highest BCUT2D eigenvalue weighted by atomic mass is 16.5. The predicted molar refractivity (Wildman–Crippen MR) is 103 cm³/mol. The minimum absolute atomic E-state index is 0.0118. The molecule has 0 unspecified atom stereocenters. The molecule has 5 nitrogen and oxygen atoms in total. The third-order valence-electron chi connectivity index (χ3n) is 7.85. The lowest BCUT2D eigenvalue weighted by atomic mass is 9.49. The van der Waals surface area contributed by atoms with E-state index >= 15 is 0 Å². The zero-order chi connectivity index (χ0) is 18.4. The Labute approximate surface area is 162 Å². The van der Waals surface area contributed by atoms with Gasteiger partial charge in [0.05, 0.1) is 12.0 Å². The summed E-state index contributed by atoms with van der Waals surface area (Å²) in [5.41, 5.74) is -0.0118. The van der Waals surface area contributed by atoms with Crippen LogP contribution in [0.25, 0.3) is 0 Å². The molecule has 5 aliphatic rings. The number of hydrogen-bond donors (Lipinski definition) is 0. The molecule has 1 amide bonds. The third-order valence-corrected chi connectivity index (χ3v) is 7.85. The molecule has 0 spiro atoms. The minimum Gasteiger partial charge on any atom is -0.383 e. The van der Waals surface area contributed by atoms with Crippen molar-refractivity contribution in [1.29, 1.82) is 0 Å². The molecule has 27 heavy (non-hydrogen) atoms. The van der Waals surface area contributed by atoms with Crippen molar-refractivity contribution >= 4 is 5.91 Å². The van der Waals surface area contributed by atoms with Crippen molar-refractivity contribution in [2.45, 2.75) is 63.8 Å². The summed E-state index contributed by atoms with van der Waals surface area (Å²) in [4.78, 5) is 20.6. The lowest BCUT2D eigenvalue weighted by Gasteiger charge is -2.57. The molecule has 1 atom stereocenters. The van der Waals surface area contributed by atoms with Crippen molar-refractivity contribution in [3.8, 4) is 0 Å². The van der Waals surface area contributed by atoms with Crippen molar-refractivity contribution in [1.82, 2.24) is 14.5 Å². The summed E-state index contributed by atoms with van der Waals surface area (Å²) in [6, 6.07) is 0. The number of hydrogen-bond acceptors (Lipinski definition) is 3. The molecule has 0 N–H and O–H groups in total. The summed E-state index contributed by atoms with van der Waals surface area (Å²) >= 11 is 0. The maximum Gasteiger partial charge on any atom is 0.228 e. The van der Waals surface area contributed by atoms with Crippen molar-refractivity contribution in [2.75, 3.05) is 26.8 Å². The zero-order valence-corrected chi connectivity index (χ0v) is 16.6. The monoisotopic (exact) mass is 371 g/mol. The van der Waals surface area contributed by atoms with Crippen LogP contribution in [0.2, 0.25) is 0 Å². The van der Waals surface area contributed by atoms with Gasteiger partial charge in [0.25, 0.3) is 0 Å². The van der Waals surface area contributed by atoms with Crippen LogP contribution in [0.1, 0.15) is 63.1 Å². The maximum absolute atomic E-state index is 13.7. The van der Waals surface area contributed by atoms with Crippen LogP contribution in [-0.2, 0) is 16.1 Å². The number of nitrogens with zero attached hydrogens (tertiary/aromatic N) is 3. The fourth-order valence-electron chi connectivity index (χ4n) is 7.14. The number of rotatable bonds is 5. The van der Waals surface area contributed by atoms with Crippen LogP contribution >= 0.6 is 0 Å². The van der Waals surface area contributed by atoms with E-state index in [1.165, 1.54) is 38.5 Å². The Balaban J connectivity index is 1.31. The van der Waals surface area contributed by atoms with Gasteiger partial charge in [-0.1, -0.05) is 0 Å². The number of carbonyl (C=O) groups is 1. The van der Waals surface area contributed by atoms with E-state index in [0.717, 1.165) is 56.1 Å². The van der Waals surface area contributed by atoms with E-state index in [4.69, 9.17) is 4.74 Å². The molecule has 6 rings (SSSR count). The summed E-state index contributed by atoms with van der Waals surface area (Å²) in [7, 11) is 1.74. The smallest absolute Gasteiger partial charge is 0.228 e. The molecular formula is C22H33N3O2. The molecule has 4 saturated carbocycles. The number of methoxy groups -OCH3 is 1. The molecule has 1 aromatic rings. The van der Waals surface area contributed by atoms with Crippen LogP contribution < -0.4 is 0 Å². The van der Waals surface area contributed by atoms with Crippen LogP contribution in [-0.4, -0.2) is 47.2 Å². The lowest BCUT2D eigenvalue weighted by Crippen LogP contribution is -2.56. The second-order valence-corrected chi connectivity index (χ2v) is 9.76. The van der Waals surface area contributed by atoms with Gasteiger partial charge in [-0.25, -0.2) is 4.98 Å². The number of imidazole rings is 1. The van der Waals surface area contributed by atoms with Gasteiger partial charge in [0.2, 0.25) is 5.91 Å². The Morgan fingerprint density at radius 3 is 2.59 bits per heavy atom. The van der Waals surface area contributed by atoms with Crippen molar-refractivity contribution in [3.05, 3.63) is 18.2 Å². The fourth-order valence-corrected chi connectivity index (χ4v) is 7.14. The van der Waals surface area contributed by atoms with Gasteiger partial charge in [-0.2, -0.15) is 0 Å². The number of aromatic nitrogens is 2. The van der Waals surface area contributed by atoms with Gasteiger partial charge in [0, 0.05) is 45.1 Å². The SMILES string of the molecule is COCCn1ccnc1[C@@H]1CCCN(C(=O)C23CC4CC(CC(C4)C2)C3)C1. The first-order valence-electron chi connectivity index (χ1n) is 11.0. The molecule has 1 saturated heterocycles. The standard InChI is InChI=1S/C22H33N3O2/c1-27-8-7-24-6-4-23-20(24)19-3-2-5-25(15-19)21(26)22-12-16-9-17(13-22)11-18(10-16)14-22/h4,6,16-19H,2-3,5,7-15H2,1H3/t16?,17?,18?,19-,22?/m1/s1. The Bertz CT molecular complexity index is 662. The van der Waals surface area contributed by atoms with E-state index in [1.807, 2.05) is 12.4 Å². The van der Waals surface area contributed by atoms with Crippen LogP contribution in [0, 0.1) is 23.2 Å². The second kappa shape index (κ2) is 6.91. The Morgan fingerprint density at radius 2 is 1.93 bits per heavy atom. The molecule has 1 aliphatic heterocycles. The van der Waals surface area contributed by atoms with Crippen LogP contribution in [0.5, 0.6) is 0 Å². The highest BCUT2D eigenvalue weighted by Gasteiger charge is 2.55. The van der Waals surface area contributed by atoms with Crippen LogP contribution in [0.15, 0.2) is 12.4 Å². The summed E-state index contributed by atoms with van der Waals surface area (Å²) < 4.78 is 7.46. The first-order valence-corrected chi connectivity index (χ1v) is 11.0. The van der Waals surface area contributed by atoms with Gasteiger partial charge in [0.1, 0.15) is 5.82 Å². The zero-order valence-electron chi connectivity index (χ0n) is 16.6. The number of likely N-dealkylation sites (tertiary alicyclic amines) is 1. The summed E-state index contributed by atoms with van der Waals surface area (Å²) in [6.45, 7) is 3.33. The van der Waals surface area contributed by atoms with Crippen LogP contribution in [0.3, 0.4) is 0 Å². The molecular weight excluding hydrogens is 338 g/mol. The minimum atomic E-state index is -0.0118. The number of amides is 1. The first-order chi connectivity index (χ1) is 13.2. The van der Waals surface area contributed by atoms with E-state index < -0.39 is 0 Å². The average molecular weight is 372 g/mol. The van der Waals surface area contributed by atoms with Gasteiger partial charge in [0.15, 0.2) is 0 Å². The molecule has 0 aromatic carbocycles. The quantitative estimate of drug-likeness (QED) is 0.796.